The van der Waals surface area contributed by atoms with E-state index in [1.54, 1.807) is 13.8 Å². The van der Waals surface area contributed by atoms with Crippen LogP contribution in [0, 0.1) is 47.3 Å². The maximum absolute atomic E-state index is 11.5. The highest BCUT2D eigenvalue weighted by Crippen LogP contribution is 2.56. The summed E-state index contributed by atoms with van der Waals surface area (Å²) in [5, 5.41) is 0. The lowest BCUT2D eigenvalue weighted by atomic mass is 9.52. The normalized spacial score (nSPS) is 34.8. The standard InChI is InChI=1S/C15H22O2.C12H18O2.2C2H6/c1-9(2)15(16)17-8-14-12-4-10-3-11(6-12)7-13(14)5-10;1-8(2)12(13)14-7-11-6-9-3-4-10(11)5-9;2*1-2/h10-14H,1,3-8H2,2H3;9-11H,1,3-7H2,2H3;2*1-2H3. The highest BCUT2D eigenvalue weighted by atomic mass is 16.5. The van der Waals surface area contributed by atoms with Gasteiger partial charge in [-0.15, -0.1) is 0 Å². The summed E-state index contributed by atoms with van der Waals surface area (Å²) in [7, 11) is 0. The molecule has 4 nitrogen and oxygen atoms in total. The third kappa shape index (κ3) is 7.95. The molecule has 3 unspecified atom stereocenters. The highest BCUT2D eigenvalue weighted by molar-refractivity contribution is 5.87. The van der Waals surface area contributed by atoms with Crippen molar-refractivity contribution in [2.75, 3.05) is 13.2 Å². The molecule has 6 rings (SSSR count). The number of ether oxygens (including phenoxy) is 2. The highest BCUT2D eigenvalue weighted by Gasteiger charge is 2.48. The predicted octanol–water partition coefficient (Wildman–Crippen LogP) is 7.77. The first-order valence-corrected chi connectivity index (χ1v) is 14.4. The van der Waals surface area contributed by atoms with Crippen LogP contribution in [-0.4, -0.2) is 25.2 Å². The second-order valence-electron chi connectivity index (χ2n) is 11.3. The van der Waals surface area contributed by atoms with Crippen LogP contribution in [0.1, 0.15) is 99.3 Å². The van der Waals surface area contributed by atoms with Crippen LogP contribution >= 0.6 is 0 Å². The Labute approximate surface area is 215 Å². The maximum atomic E-state index is 11.5. The molecule has 6 fully saturated rings. The zero-order valence-corrected chi connectivity index (χ0v) is 23.4. The Bertz CT molecular complexity index is 695. The molecular weight excluding hydrogens is 436 g/mol. The van der Waals surface area contributed by atoms with Gasteiger partial charge >= 0.3 is 11.9 Å². The number of rotatable bonds is 6. The summed E-state index contributed by atoms with van der Waals surface area (Å²) in [6.07, 6.45) is 12.4. The lowest BCUT2D eigenvalue weighted by Crippen LogP contribution is -2.46. The summed E-state index contributed by atoms with van der Waals surface area (Å²) >= 11 is 0. The minimum atomic E-state index is -0.229. The van der Waals surface area contributed by atoms with Crippen molar-refractivity contribution in [1.82, 2.24) is 0 Å². The maximum Gasteiger partial charge on any atom is 0.333 e. The third-order valence-corrected chi connectivity index (χ3v) is 8.84. The molecule has 0 radical (unpaired) electrons. The first-order chi connectivity index (χ1) is 16.8. The summed E-state index contributed by atoms with van der Waals surface area (Å²) in [5.41, 5.74) is 1.03. The van der Waals surface area contributed by atoms with Crippen molar-refractivity contribution in [2.45, 2.75) is 99.3 Å². The molecule has 0 N–H and O–H groups in total. The largest absolute Gasteiger partial charge is 0.462 e. The fourth-order valence-electron chi connectivity index (χ4n) is 7.49. The minimum absolute atomic E-state index is 0.209. The number of hydrogen-bond acceptors (Lipinski definition) is 4. The van der Waals surface area contributed by atoms with E-state index in [-0.39, 0.29) is 11.9 Å². The van der Waals surface area contributed by atoms with Gasteiger partial charge in [0.1, 0.15) is 0 Å². The van der Waals surface area contributed by atoms with Crippen molar-refractivity contribution in [3.8, 4) is 0 Å². The number of esters is 2. The lowest BCUT2D eigenvalue weighted by molar-refractivity contribution is -0.145. The second kappa shape index (κ2) is 14.2. The minimum Gasteiger partial charge on any atom is -0.462 e. The Morgan fingerprint density at radius 3 is 1.49 bits per heavy atom. The zero-order chi connectivity index (χ0) is 26.1. The van der Waals surface area contributed by atoms with Crippen LogP contribution in [0.5, 0.6) is 0 Å². The quantitative estimate of drug-likeness (QED) is 0.283. The average molecular weight is 489 g/mol. The summed E-state index contributed by atoms with van der Waals surface area (Å²) in [5.74, 6) is 6.26. The average Bonchev–Trinajstić information content (AvgIpc) is 3.48. The van der Waals surface area contributed by atoms with E-state index in [0.717, 1.165) is 35.5 Å². The number of carbonyl (C=O) groups excluding carboxylic acids is 2. The first-order valence-electron chi connectivity index (χ1n) is 14.4. The van der Waals surface area contributed by atoms with E-state index in [1.807, 2.05) is 27.7 Å². The smallest absolute Gasteiger partial charge is 0.333 e. The molecule has 0 aliphatic heterocycles. The van der Waals surface area contributed by atoms with Gasteiger partial charge in [0.15, 0.2) is 0 Å². The van der Waals surface area contributed by atoms with Gasteiger partial charge < -0.3 is 9.47 Å². The number of fused-ring (bicyclic) bond motifs is 2. The SMILES string of the molecule is C=C(C)C(=O)OCC1C2CC3CC(C2)CC1C3.C=C(C)C(=O)OCC1CC2CCC1C2.CC.CC. The van der Waals surface area contributed by atoms with Gasteiger partial charge in [-0.25, -0.2) is 9.59 Å². The van der Waals surface area contributed by atoms with Crippen LogP contribution < -0.4 is 0 Å². The lowest BCUT2D eigenvalue weighted by Gasteiger charge is -2.54. The van der Waals surface area contributed by atoms with E-state index in [2.05, 4.69) is 13.2 Å². The predicted molar refractivity (Wildman–Crippen MR) is 144 cm³/mol. The molecule has 0 aromatic heterocycles. The van der Waals surface area contributed by atoms with E-state index >= 15 is 0 Å². The monoisotopic (exact) mass is 488 g/mol. The molecule has 4 heteroatoms. The molecule has 0 spiro atoms. The molecule has 3 atom stereocenters. The summed E-state index contributed by atoms with van der Waals surface area (Å²) in [4.78, 5) is 22.6. The molecule has 35 heavy (non-hydrogen) atoms. The molecule has 0 heterocycles. The van der Waals surface area contributed by atoms with Crippen LogP contribution in [0.15, 0.2) is 24.3 Å². The molecule has 6 aliphatic carbocycles. The van der Waals surface area contributed by atoms with Gasteiger partial charge in [-0.1, -0.05) is 47.3 Å². The Morgan fingerprint density at radius 1 is 0.629 bits per heavy atom. The Kier molecular flexibility index (Phi) is 12.1. The van der Waals surface area contributed by atoms with E-state index in [1.165, 1.54) is 57.8 Å². The zero-order valence-electron chi connectivity index (χ0n) is 23.4. The van der Waals surface area contributed by atoms with Crippen LogP contribution in [0.4, 0.5) is 0 Å². The van der Waals surface area contributed by atoms with Crippen molar-refractivity contribution >= 4 is 11.9 Å². The molecular formula is C31H52O4. The van der Waals surface area contributed by atoms with Gasteiger partial charge in [0.25, 0.3) is 0 Å². The fourth-order valence-corrected chi connectivity index (χ4v) is 7.49. The molecule has 200 valence electrons. The third-order valence-electron chi connectivity index (χ3n) is 8.84. The van der Waals surface area contributed by atoms with Crippen molar-refractivity contribution < 1.29 is 19.1 Å². The molecule has 0 amide bonds. The van der Waals surface area contributed by atoms with Gasteiger partial charge in [0.2, 0.25) is 0 Å². The van der Waals surface area contributed by atoms with E-state index in [0.29, 0.717) is 36.2 Å². The molecule has 6 saturated carbocycles. The number of carbonyl (C=O) groups is 2. The van der Waals surface area contributed by atoms with Crippen molar-refractivity contribution in [3.05, 3.63) is 24.3 Å². The van der Waals surface area contributed by atoms with Gasteiger partial charge in [0.05, 0.1) is 13.2 Å². The molecule has 6 aliphatic rings. The van der Waals surface area contributed by atoms with Gasteiger partial charge in [-0.05, 0) is 113 Å². The molecule has 0 aromatic carbocycles. The van der Waals surface area contributed by atoms with Gasteiger partial charge in [-0.3, -0.25) is 0 Å². The van der Waals surface area contributed by atoms with Crippen LogP contribution in [0.3, 0.4) is 0 Å². The fraction of sp³-hybridized carbons (Fsp3) is 0.806. The van der Waals surface area contributed by atoms with Gasteiger partial charge in [-0.2, -0.15) is 0 Å². The second-order valence-corrected chi connectivity index (χ2v) is 11.3. The summed E-state index contributed by atoms with van der Waals surface area (Å²) in [6.45, 7) is 19.9. The Morgan fingerprint density at radius 2 is 1.09 bits per heavy atom. The van der Waals surface area contributed by atoms with E-state index in [9.17, 15) is 9.59 Å². The van der Waals surface area contributed by atoms with Crippen LogP contribution in [-0.2, 0) is 19.1 Å². The van der Waals surface area contributed by atoms with Crippen LogP contribution in [0.2, 0.25) is 0 Å². The summed E-state index contributed by atoms with van der Waals surface area (Å²) < 4.78 is 10.6. The van der Waals surface area contributed by atoms with Crippen molar-refractivity contribution in [1.29, 1.82) is 0 Å². The van der Waals surface area contributed by atoms with Crippen molar-refractivity contribution in [2.24, 2.45) is 47.3 Å². The van der Waals surface area contributed by atoms with E-state index < -0.39 is 0 Å². The molecule has 6 bridgehead atoms. The van der Waals surface area contributed by atoms with Crippen molar-refractivity contribution in [3.63, 3.8) is 0 Å². The van der Waals surface area contributed by atoms with E-state index in [4.69, 9.17) is 9.47 Å². The van der Waals surface area contributed by atoms with Gasteiger partial charge in [0, 0.05) is 11.1 Å². The summed E-state index contributed by atoms with van der Waals surface area (Å²) in [6, 6.07) is 0. The Hall–Kier alpha value is -1.58. The molecule has 0 saturated heterocycles. The Balaban J connectivity index is 0.000000220. The topological polar surface area (TPSA) is 52.6 Å². The number of hydrogen-bond donors (Lipinski definition) is 0. The van der Waals surface area contributed by atoms with Crippen LogP contribution in [0.25, 0.3) is 0 Å². The molecule has 0 aromatic rings. The first kappa shape index (κ1) is 29.6.